The van der Waals surface area contributed by atoms with Gasteiger partial charge in [0.15, 0.2) is 0 Å². The first kappa shape index (κ1) is 12.2. The summed E-state index contributed by atoms with van der Waals surface area (Å²) in [5.41, 5.74) is 7.17. The Morgan fingerprint density at radius 3 is 3.06 bits per heavy atom. The second kappa shape index (κ2) is 5.87. The predicted octanol–water partition coefficient (Wildman–Crippen LogP) is 2.02. The third kappa shape index (κ3) is 3.33. The summed E-state index contributed by atoms with van der Waals surface area (Å²) in [6.07, 6.45) is 6.73. The van der Waals surface area contributed by atoms with Gasteiger partial charge in [-0.2, -0.15) is 0 Å². The minimum Gasteiger partial charge on any atom is -0.481 e. The number of methoxy groups -OCH3 is 1. The number of nitrogens with zero attached hydrogens (tertiary/aromatic N) is 1. The maximum Gasteiger partial charge on any atom is 0.214 e. The number of ether oxygens (including phenoxy) is 1. The van der Waals surface area contributed by atoms with Crippen molar-refractivity contribution in [1.29, 1.82) is 0 Å². The Morgan fingerprint density at radius 1 is 1.47 bits per heavy atom. The van der Waals surface area contributed by atoms with Crippen LogP contribution in [0.3, 0.4) is 0 Å². The molecule has 2 atom stereocenters. The molecule has 2 unspecified atom stereocenters. The molecule has 0 radical (unpaired) electrons. The molecule has 3 N–H and O–H groups in total. The molecule has 0 bridgehead atoms. The minimum absolute atomic E-state index is 0.347. The fourth-order valence-corrected chi connectivity index (χ4v) is 2.37. The van der Waals surface area contributed by atoms with Crippen molar-refractivity contribution < 1.29 is 4.74 Å². The molecule has 4 nitrogen and oxygen atoms in total. The molecular formula is C13H21N3O. The van der Waals surface area contributed by atoms with Gasteiger partial charge in [-0.25, -0.2) is 4.98 Å². The van der Waals surface area contributed by atoms with Crippen LogP contribution in [-0.4, -0.2) is 24.7 Å². The van der Waals surface area contributed by atoms with Crippen LogP contribution >= 0.6 is 0 Å². The predicted molar refractivity (Wildman–Crippen MR) is 69.2 cm³/mol. The Bertz CT molecular complexity index is 356. The van der Waals surface area contributed by atoms with E-state index in [0.29, 0.717) is 17.8 Å². The molecule has 0 saturated heterocycles. The van der Waals surface area contributed by atoms with Crippen LogP contribution in [0.15, 0.2) is 18.3 Å². The van der Waals surface area contributed by atoms with Crippen LogP contribution in [0.5, 0.6) is 5.88 Å². The zero-order valence-electron chi connectivity index (χ0n) is 10.4. The van der Waals surface area contributed by atoms with Crippen molar-refractivity contribution in [3.05, 3.63) is 18.3 Å². The van der Waals surface area contributed by atoms with Gasteiger partial charge in [-0.1, -0.05) is 12.8 Å². The van der Waals surface area contributed by atoms with Crippen molar-refractivity contribution in [3.8, 4) is 5.88 Å². The maximum absolute atomic E-state index is 6.12. The summed E-state index contributed by atoms with van der Waals surface area (Å²) in [5, 5.41) is 3.42. The summed E-state index contributed by atoms with van der Waals surface area (Å²) < 4.78 is 5.09. The van der Waals surface area contributed by atoms with Crippen molar-refractivity contribution in [3.63, 3.8) is 0 Å². The van der Waals surface area contributed by atoms with Crippen molar-refractivity contribution in [2.45, 2.75) is 31.7 Å². The fourth-order valence-electron chi connectivity index (χ4n) is 2.37. The average Bonchev–Trinajstić information content (AvgIpc) is 2.38. The number of rotatable bonds is 4. The van der Waals surface area contributed by atoms with E-state index in [-0.39, 0.29) is 0 Å². The highest BCUT2D eigenvalue weighted by Crippen LogP contribution is 2.23. The summed E-state index contributed by atoms with van der Waals surface area (Å²) >= 11 is 0. The molecule has 1 fully saturated rings. The Hall–Kier alpha value is -1.29. The van der Waals surface area contributed by atoms with E-state index in [9.17, 15) is 0 Å². The van der Waals surface area contributed by atoms with Crippen molar-refractivity contribution >= 4 is 5.69 Å². The van der Waals surface area contributed by atoms with Crippen LogP contribution in [0.25, 0.3) is 0 Å². The zero-order valence-corrected chi connectivity index (χ0v) is 10.4. The first-order valence-electron chi connectivity index (χ1n) is 6.29. The largest absolute Gasteiger partial charge is 0.481 e. The smallest absolute Gasteiger partial charge is 0.214 e. The van der Waals surface area contributed by atoms with E-state index < -0.39 is 0 Å². The van der Waals surface area contributed by atoms with Gasteiger partial charge in [-0.15, -0.1) is 0 Å². The van der Waals surface area contributed by atoms with Crippen LogP contribution in [0.2, 0.25) is 0 Å². The summed E-state index contributed by atoms with van der Waals surface area (Å²) in [6.45, 7) is 0.939. The number of hydrogen-bond donors (Lipinski definition) is 2. The third-order valence-corrected chi connectivity index (χ3v) is 3.48. The molecule has 0 aromatic carbocycles. The number of anilines is 1. The zero-order chi connectivity index (χ0) is 12.1. The molecule has 1 aromatic heterocycles. The molecule has 0 spiro atoms. The Morgan fingerprint density at radius 2 is 2.29 bits per heavy atom. The monoisotopic (exact) mass is 235 g/mol. The van der Waals surface area contributed by atoms with Gasteiger partial charge in [-0.05, 0) is 24.8 Å². The minimum atomic E-state index is 0.347. The quantitative estimate of drug-likeness (QED) is 0.838. The van der Waals surface area contributed by atoms with Crippen LogP contribution in [0, 0.1) is 5.92 Å². The van der Waals surface area contributed by atoms with Crippen molar-refractivity contribution in [2.75, 3.05) is 19.0 Å². The van der Waals surface area contributed by atoms with E-state index in [1.54, 1.807) is 13.3 Å². The lowest BCUT2D eigenvalue weighted by Crippen LogP contribution is -2.37. The normalized spacial score (nSPS) is 24.4. The molecule has 1 aliphatic carbocycles. The van der Waals surface area contributed by atoms with Crippen LogP contribution in [-0.2, 0) is 0 Å². The maximum atomic E-state index is 6.12. The summed E-state index contributed by atoms with van der Waals surface area (Å²) in [6, 6.07) is 4.21. The first-order valence-corrected chi connectivity index (χ1v) is 6.29. The number of nitrogens with one attached hydrogen (secondary N) is 1. The Labute approximate surface area is 103 Å². The molecule has 4 heteroatoms. The third-order valence-electron chi connectivity index (χ3n) is 3.48. The van der Waals surface area contributed by atoms with Gasteiger partial charge >= 0.3 is 0 Å². The lowest BCUT2D eigenvalue weighted by molar-refractivity contribution is 0.321. The van der Waals surface area contributed by atoms with Gasteiger partial charge in [0.25, 0.3) is 0 Å². The molecule has 94 valence electrons. The first-order chi connectivity index (χ1) is 8.29. The number of pyridine rings is 1. The Kier molecular flexibility index (Phi) is 4.20. The van der Waals surface area contributed by atoms with Gasteiger partial charge in [0, 0.05) is 30.5 Å². The lowest BCUT2D eigenvalue weighted by atomic mass is 9.85. The SMILES string of the molecule is COc1cc(NCC2CCCCC2N)ccn1. The second-order valence-electron chi connectivity index (χ2n) is 4.68. The van der Waals surface area contributed by atoms with E-state index in [2.05, 4.69) is 10.3 Å². The van der Waals surface area contributed by atoms with Crippen molar-refractivity contribution in [2.24, 2.45) is 11.7 Å². The molecule has 17 heavy (non-hydrogen) atoms. The molecule has 1 heterocycles. The topological polar surface area (TPSA) is 60.2 Å². The highest BCUT2D eigenvalue weighted by atomic mass is 16.5. The van der Waals surface area contributed by atoms with Gasteiger partial charge in [0.05, 0.1) is 7.11 Å². The Balaban J connectivity index is 1.88. The van der Waals surface area contributed by atoms with E-state index >= 15 is 0 Å². The molecule has 1 saturated carbocycles. The van der Waals surface area contributed by atoms with Gasteiger partial charge in [0.2, 0.25) is 5.88 Å². The molecule has 1 aromatic rings. The molecule has 1 aliphatic rings. The molecular weight excluding hydrogens is 214 g/mol. The molecule has 0 aliphatic heterocycles. The lowest BCUT2D eigenvalue weighted by Gasteiger charge is -2.28. The number of aromatic nitrogens is 1. The summed E-state index contributed by atoms with van der Waals surface area (Å²) in [7, 11) is 1.63. The average molecular weight is 235 g/mol. The van der Waals surface area contributed by atoms with E-state index in [1.165, 1.54) is 19.3 Å². The second-order valence-corrected chi connectivity index (χ2v) is 4.68. The number of hydrogen-bond acceptors (Lipinski definition) is 4. The summed E-state index contributed by atoms with van der Waals surface area (Å²) in [4.78, 5) is 4.08. The molecule has 2 rings (SSSR count). The van der Waals surface area contributed by atoms with E-state index in [1.807, 2.05) is 12.1 Å². The molecule has 0 amide bonds. The van der Waals surface area contributed by atoms with E-state index in [0.717, 1.165) is 18.7 Å². The van der Waals surface area contributed by atoms with Crippen LogP contribution < -0.4 is 15.8 Å². The van der Waals surface area contributed by atoms with Crippen molar-refractivity contribution in [1.82, 2.24) is 4.98 Å². The highest BCUT2D eigenvalue weighted by molar-refractivity contribution is 5.45. The van der Waals surface area contributed by atoms with Gasteiger partial charge in [-0.3, -0.25) is 0 Å². The standard InChI is InChI=1S/C13H21N3O/c1-17-13-8-11(6-7-15-13)16-9-10-4-2-3-5-12(10)14/h6-8,10,12H,2-5,9,14H2,1H3,(H,15,16). The fraction of sp³-hybridized carbons (Fsp3) is 0.615. The number of nitrogens with two attached hydrogens (primary N) is 1. The highest BCUT2D eigenvalue weighted by Gasteiger charge is 2.21. The van der Waals surface area contributed by atoms with Gasteiger partial charge < -0.3 is 15.8 Å². The van der Waals surface area contributed by atoms with Crippen LogP contribution in [0.1, 0.15) is 25.7 Å². The van der Waals surface area contributed by atoms with Gasteiger partial charge in [0.1, 0.15) is 0 Å². The van der Waals surface area contributed by atoms with Crippen LogP contribution in [0.4, 0.5) is 5.69 Å². The summed E-state index contributed by atoms with van der Waals surface area (Å²) in [5.74, 6) is 1.23. The van der Waals surface area contributed by atoms with E-state index in [4.69, 9.17) is 10.5 Å².